The van der Waals surface area contributed by atoms with Gasteiger partial charge in [0, 0.05) is 15.8 Å². The monoisotopic (exact) mass is 382 g/mol. The Balaban J connectivity index is 2.09. The molecule has 4 nitrogen and oxygen atoms in total. The number of benzene rings is 2. The van der Waals surface area contributed by atoms with Gasteiger partial charge in [0.25, 0.3) is 0 Å². The van der Waals surface area contributed by atoms with Crippen molar-refractivity contribution in [3.63, 3.8) is 0 Å². The lowest BCUT2D eigenvalue weighted by atomic mass is 10.2. The minimum absolute atomic E-state index is 0.128. The summed E-state index contributed by atoms with van der Waals surface area (Å²) in [6.45, 7) is 3.87. The summed E-state index contributed by atoms with van der Waals surface area (Å²) in [5, 5.41) is 3.29. The first-order valence-corrected chi connectivity index (χ1v) is 9.48. The fourth-order valence-electron chi connectivity index (χ4n) is 2.00. The SMILES string of the molecule is CCCS(=O)(=O)Nc1ccc(Nc2ccc(C)cc2Br)cc1. The number of hydrogen-bond acceptors (Lipinski definition) is 3. The molecule has 0 aromatic heterocycles. The van der Waals surface area contributed by atoms with Crippen LogP contribution in [0.5, 0.6) is 0 Å². The van der Waals surface area contributed by atoms with Crippen LogP contribution in [0.4, 0.5) is 17.1 Å². The van der Waals surface area contributed by atoms with E-state index in [9.17, 15) is 8.42 Å². The second-order valence-electron chi connectivity index (χ2n) is 5.11. The van der Waals surface area contributed by atoms with Crippen molar-refractivity contribution < 1.29 is 8.42 Å². The van der Waals surface area contributed by atoms with Gasteiger partial charge in [-0.1, -0.05) is 13.0 Å². The van der Waals surface area contributed by atoms with Crippen molar-refractivity contribution in [1.29, 1.82) is 0 Å². The van der Waals surface area contributed by atoms with Gasteiger partial charge in [0.05, 0.1) is 11.4 Å². The van der Waals surface area contributed by atoms with E-state index in [4.69, 9.17) is 0 Å². The zero-order chi connectivity index (χ0) is 16.2. The van der Waals surface area contributed by atoms with Gasteiger partial charge in [-0.3, -0.25) is 4.72 Å². The van der Waals surface area contributed by atoms with Gasteiger partial charge in [0.2, 0.25) is 10.0 Å². The van der Waals surface area contributed by atoms with Crippen molar-refractivity contribution in [2.75, 3.05) is 15.8 Å². The van der Waals surface area contributed by atoms with E-state index in [1.807, 2.05) is 44.2 Å². The quantitative estimate of drug-likeness (QED) is 0.763. The molecule has 2 aromatic rings. The molecule has 0 atom stereocenters. The lowest BCUT2D eigenvalue weighted by Gasteiger charge is -2.11. The van der Waals surface area contributed by atoms with E-state index in [-0.39, 0.29) is 5.75 Å². The first-order chi connectivity index (χ1) is 10.4. The molecule has 0 saturated heterocycles. The molecule has 0 amide bonds. The van der Waals surface area contributed by atoms with Crippen molar-refractivity contribution in [2.45, 2.75) is 20.3 Å². The fraction of sp³-hybridized carbons (Fsp3) is 0.250. The Morgan fingerprint density at radius 1 is 1.05 bits per heavy atom. The normalized spacial score (nSPS) is 11.2. The Labute approximate surface area is 140 Å². The third-order valence-electron chi connectivity index (χ3n) is 3.03. The average Bonchev–Trinajstić information content (AvgIpc) is 2.43. The summed E-state index contributed by atoms with van der Waals surface area (Å²) in [6.07, 6.45) is 0.594. The van der Waals surface area contributed by atoms with Gasteiger partial charge in [0.1, 0.15) is 0 Å². The molecule has 0 saturated carbocycles. The van der Waals surface area contributed by atoms with Crippen LogP contribution in [0.1, 0.15) is 18.9 Å². The summed E-state index contributed by atoms with van der Waals surface area (Å²) >= 11 is 3.52. The van der Waals surface area contributed by atoms with E-state index in [1.165, 1.54) is 5.56 Å². The molecule has 2 aromatic carbocycles. The fourth-order valence-corrected chi connectivity index (χ4v) is 3.73. The number of anilines is 3. The van der Waals surface area contributed by atoms with Gasteiger partial charge in [-0.25, -0.2) is 8.42 Å². The molecule has 2 rings (SSSR count). The molecular formula is C16H19BrN2O2S. The van der Waals surface area contributed by atoms with E-state index < -0.39 is 10.0 Å². The van der Waals surface area contributed by atoms with Gasteiger partial charge in [0.15, 0.2) is 0 Å². The minimum atomic E-state index is -3.25. The topological polar surface area (TPSA) is 58.2 Å². The highest BCUT2D eigenvalue weighted by molar-refractivity contribution is 9.10. The molecule has 0 bridgehead atoms. The third-order valence-corrected chi connectivity index (χ3v) is 5.18. The third kappa shape index (κ3) is 4.74. The number of aryl methyl sites for hydroxylation is 1. The van der Waals surface area contributed by atoms with E-state index >= 15 is 0 Å². The summed E-state index contributed by atoms with van der Waals surface area (Å²) in [5.41, 5.74) is 3.60. The highest BCUT2D eigenvalue weighted by Crippen LogP contribution is 2.27. The maximum absolute atomic E-state index is 11.7. The van der Waals surface area contributed by atoms with Crippen LogP contribution in [0, 0.1) is 6.92 Å². The largest absolute Gasteiger partial charge is 0.355 e. The number of rotatable bonds is 6. The standard InChI is InChI=1S/C16H19BrN2O2S/c1-3-10-22(20,21)19-14-7-5-13(6-8-14)18-16-9-4-12(2)11-15(16)17/h4-9,11,18-19H,3,10H2,1-2H3. The minimum Gasteiger partial charge on any atom is -0.355 e. The zero-order valence-electron chi connectivity index (χ0n) is 12.6. The molecule has 0 aliphatic heterocycles. The predicted octanol–water partition coefficient (Wildman–Crippen LogP) is 4.65. The average molecular weight is 383 g/mol. The van der Waals surface area contributed by atoms with Gasteiger partial charge in [-0.15, -0.1) is 0 Å². The van der Waals surface area contributed by atoms with Crippen molar-refractivity contribution in [1.82, 2.24) is 0 Å². The molecule has 0 fully saturated rings. The molecule has 0 aliphatic carbocycles. The number of halogens is 1. The predicted molar refractivity (Wildman–Crippen MR) is 96.3 cm³/mol. The van der Waals surface area contributed by atoms with Crippen molar-refractivity contribution in [3.05, 3.63) is 52.5 Å². The molecule has 0 spiro atoms. The first-order valence-electron chi connectivity index (χ1n) is 7.03. The van der Waals surface area contributed by atoms with Crippen LogP contribution < -0.4 is 10.0 Å². The van der Waals surface area contributed by atoms with Gasteiger partial charge < -0.3 is 5.32 Å². The molecule has 0 unspecified atom stereocenters. The highest BCUT2D eigenvalue weighted by atomic mass is 79.9. The second kappa shape index (κ2) is 7.15. The highest BCUT2D eigenvalue weighted by Gasteiger charge is 2.08. The van der Waals surface area contributed by atoms with Gasteiger partial charge >= 0.3 is 0 Å². The van der Waals surface area contributed by atoms with Crippen molar-refractivity contribution in [2.24, 2.45) is 0 Å². The molecule has 2 N–H and O–H groups in total. The molecule has 0 radical (unpaired) electrons. The Bertz CT molecular complexity index is 743. The molecule has 118 valence electrons. The Hall–Kier alpha value is -1.53. The van der Waals surface area contributed by atoms with Crippen LogP contribution in [0.2, 0.25) is 0 Å². The smallest absolute Gasteiger partial charge is 0.232 e. The van der Waals surface area contributed by atoms with Crippen LogP contribution in [0.15, 0.2) is 46.9 Å². The van der Waals surface area contributed by atoms with Gasteiger partial charge in [-0.2, -0.15) is 0 Å². The number of nitrogens with one attached hydrogen (secondary N) is 2. The number of sulfonamides is 1. The summed E-state index contributed by atoms with van der Waals surface area (Å²) in [5.74, 6) is 0.128. The first kappa shape index (κ1) is 16.8. The summed E-state index contributed by atoms with van der Waals surface area (Å²) in [6, 6.07) is 13.2. The van der Waals surface area contributed by atoms with E-state index in [0.717, 1.165) is 15.8 Å². The molecule has 0 heterocycles. The zero-order valence-corrected chi connectivity index (χ0v) is 15.0. The van der Waals surface area contributed by atoms with E-state index in [1.54, 1.807) is 12.1 Å². The summed E-state index contributed by atoms with van der Waals surface area (Å²) in [4.78, 5) is 0. The van der Waals surface area contributed by atoms with Crippen molar-refractivity contribution in [3.8, 4) is 0 Å². The van der Waals surface area contributed by atoms with E-state index in [0.29, 0.717) is 12.1 Å². The van der Waals surface area contributed by atoms with Gasteiger partial charge in [-0.05, 0) is 71.2 Å². The summed E-state index contributed by atoms with van der Waals surface area (Å²) in [7, 11) is -3.25. The summed E-state index contributed by atoms with van der Waals surface area (Å²) < 4.78 is 27.0. The lowest BCUT2D eigenvalue weighted by molar-refractivity contribution is 0.600. The van der Waals surface area contributed by atoms with Crippen LogP contribution in [0.25, 0.3) is 0 Å². The number of hydrogen-bond donors (Lipinski definition) is 2. The van der Waals surface area contributed by atoms with Crippen LogP contribution >= 0.6 is 15.9 Å². The Morgan fingerprint density at radius 3 is 2.27 bits per heavy atom. The maximum atomic E-state index is 11.7. The van der Waals surface area contributed by atoms with Crippen LogP contribution in [-0.4, -0.2) is 14.2 Å². The van der Waals surface area contributed by atoms with Crippen LogP contribution in [-0.2, 0) is 10.0 Å². The Kier molecular flexibility index (Phi) is 5.47. The maximum Gasteiger partial charge on any atom is 0.232 e. The molecule has 6 heteroatoms. The van der Waals surface area contributed by atoms with Crippen molar-refractivity contribution >= 4 is 43.0 Å². The molecular weight excluding hydrogens is 364 g/mol. The Morgan fingerprint density at radius 2 is 1.68 bits per heavy atom. The lowest BCUT2D eigenvalue weighted by Crippen LogP contribution is -2.15. The molecule has 0 aliphatic rings. The van der Waals surface area contributed by atoms with Crippen LogP contribution in [0.3, 0.4) is 0 Å². The second-order valence-corrected chi connectivity index (χ2v) is 7.80. The molecule has 22 heavy (non-hydrogen) atoms. The van der Waals surface area contributed by atoms with E-state index in [2.05, 4.69) is 26.0 Å².